The summed E-state index contributed by atoms with van der Waals surface area (Å²) in [5, 5.41) is 3.13. The Balaban J connectivity index is 2.22. The lowest BCUT2D eigenvalue weighted by Gasteiger charge is -2.04. The zero-order chi connectivity index (χ0) is 10.7. The summed E-state index contributed by atoms with van der Waals surface area (Å²) in [7, 11) is 0. The lowest BCUT2D eigenvalue weighted by Crippen LogP contribution is -1.96. The maximum atomic E-state index is 4.19. The molecule has 0 saturated carbocycles. The quantitative estimate of drug-likeness (QED) is 0.846. The first-order chi connectivity index (χ1) is 7.24. The van der Waals surface area contributed by atoms with E-state index in [9.17, 15) is 0 Å². The predicted molar refractivity (Wildman–Crippen MR) is 64.2 cm³/mol. The molecule has 0 spiro atoms. The smallest absolute Gasteiger partial charge is 0.228 e. The van der Waals surface area contributed by atoms with Crippen LogP contribution in [0.15, 0.2) is 41.1 Å². The highest BCUT2D eigenvalue weighted by Gasteiger charge is 1.97. The number of nitrogens with zero attached hydrogens (tertiary/aromatic N) is 2. The van der Waals surface area contributed by atoms with Crippen molar-refractivity contribution < 1.29 is 0 Å². The molecule has 0 bridgehead atoms. The second-order valence-electron chi connectivity index (χ2n) is 3.20. The van der Waals surface area contributed by atoms with Crippen molar-refractivity contribution in [2.75, 3.05) is 5.32 Å². The fourth-order valence-electron chi connectivity index (χ4n) is 1.25. The van der Waals surface area contributed by atoms with Crippen LogP contribution in [0, 0.1) is 6.92 Å². The highest BCUT2D eigenvalue weighted by molar-refractivity contribution is 9.10. The van der Waals surface area contributed by atoms with Crippen LogP contribution in [0.1, 0.15) is 5.56 Å². The molecule has 1 aromatic carbocycles. The zero-order valence-electron chi connectivity index (χ0n) is 8.24. The van der Waals surface area contributed by atoms with E-state index in [4.69, 9.17) is 0 Å². The molecule has 0 aliphatic rings. The number of hydrogen-bond acceptors (Lipinski definition) is 3. The Morgan fingerprint density at radius 2 is 2.13 bits per heavy atom. The van der Waals surface area contributed by atoms with E-state index in [1.807, 2.05) is 31.2 Å². The third-order valence-corrected chi connectivity index (χ3v) is 2.34. The molecular weight excluding hydrogens is 254 g/mol. The number of anilines is 2. The first-order valence-electron chi connectivity index (χ1n) is 4.56. The molecule has 1 heterocycles. The molecule has 4 heteroatoms. The summed E-state index contributed by atoms with van der Waals surface area (Å²) in [6, 6.07) is 9.87. The molecule has 0 aliphatic heterocycles. The third kappa shape index (κ3) is 2.76. The summed E-state index contributed by atoms with van der Waals surface area (Å²) in [5.41, 5.74) is 2.20. The number of nitrogens with one attached hydrogen (secondary N) is 1. The van der Waals surface area contributed by atoms with Crippen LogP contribution in [0.25, 0.3) is 0 Å². The second-order valence-corrected chi connectivity index (χ2v) is 4.01. The number of hydrogen-bond donors (Lipinski definition) is 1. The summed E-state index contributed by atoms with van der Waals surface area (Å²) in [4.78, 5) is 8.30. The standard InChI is InChI=1S/C11H10BrN3/c1-8-3-2-4-9(7-8)14-11-13-6-5-10(12)15-11/h2-7H,1H3,(H,13,14,15). The van der Waals surface area contributed by atoms with Crippen molar-refractivity contribution in [2.24, 2.45) is 0 Å². The van der Waals surface area contributed by atoms with E-state index < -0.39 is 0 Å². The second kappa shape index (κ2) is 4.40. The summed E-state index contributed by atoms with van der Waals surface area (Å²) in [5.74, 6) is 0.593. The van der Waals surface area contributed by atoms with Crippen LogP contribution >= 0.6 is 15.9 Å². The molecule has 0 fully saturated rings. The van der Waals surface area contributed by atoms with E-state index in [2.05, 4.69) is 31.2 Å². The third-order valence-electron chi connectivity index (χ3n) is 1.90. The van der Waals surface area contributed by atoms with Gasteiger partial charge in [-0.15, -0.1) is 0 Å². The van der Waals surface area contributed by atoms with Crippen LogP contribution in [0.5, 0.6) is 0 Å². The van der Waals surface area contributed by atoms with Crippen LogP contribution < -0.4 is 5.32 Å². The number of aryl methyl sites for hydroxylation is 1. The molecule has 1 aromatic heterocycles. The summed E-state index contributed by atoms with van der Waals surface area (Å²) in [6.45, 7) is 2.05. The van der Waals surface area contributed by atoms with E-state index in [-0.39, 0.29) is 0 Å². The Kier molecular flexibility index (Phi) is 2.97. The number of aromatic nitrogens is 2. The first-order valence-corrected chi connectivity index (χ1v) is 5.35. The molecule has 0 unspecified atom stereocenters. The van der Waals surface area contributed by atoms with Gasteiger partial charge in [0.25, 0.3) is 0 Å². The largest absolute Gasteiger partial charge is 0.324 e. The Bertz CT molecular complexity index is 427. The minimum atomic E-state index is 0.593. The molecule has 0 radical (unpaired) electrons. The Morgan fingerprint density at radius 3 is 2.87 bits per heavy atom. The Morgan fingerprint density at radius 1 is 1.27 bits per heavy atom. The van der Waals surface area contributed by atoms with Gasteiger partial charge in [-0.25, -0.2) is 9.97 Å². The summed E-state index contributed by atoms with van der Waals surface area (Å²) < 4.78 is 0.771. The number of rotatable bonds is 2. The molecule has 2 rings (SSSR count). The molecule has 0 saturated heterocycles. The van der Waals surface area contributed by atoms with Gasteiger partial charge in [0.15, 0.2) is 0 Å². The molecule has 1 N–H and O–H groups in total. The minimum absolute atomic E-state index is 0.593. The lowest BCUT2D eigenvalue weighted by atomic mass is 10.2. The maximum Gasteiger partial charge on any atom is 0.228 e. The fourth-order valence-corrected chi connectivity index (χ4v) is 1.53. The summed E-state index contributed by atoms with van der Waals surface area (Å²) >= 11 is 3.30. The monoisotopic (exact) mass is 263 g/mol. The van der Waals surface area contributed by atoms with Crippen LogP contribution in [-0.4, -0.2) is 9.97 Å². The van der Waals surface area contributed by atoms with Gasteiger partial charge < -0.3 is 5.32 Å². The van der Waals surface area contributed by atoms with Gasteiger partial charge in [0, 0.05) is 11.9 Å². The number of benzene rings is 1. The maximum absolute atomic E-state index is 4.19. The van der Waals surface area contributed by atoms with E-state index in [0.29, 0.717) is 5.95 Å². The van der Waals surface area contributed by atoms with Crippen molar-refractivity contribution in [3.63, 3.8) is 0 Å². The summed E-state index contributed by atoms with van der Waals surface area (Å²) in [6.07, 6.45) is 1.70. The Hall–Kier alpha value is -1.42. The highest BCUT2D eigenvalue weighted by atomic mass is 79.9. The molecular formula is C11H10BrN3. The topological polar surface area (TPSA) is 37.8 Å². The average molecular weight is 264 g/mol. The molecule has 3 nitrogen and oxygen atoms in total. The van der Waals surface area contributed by atoms with E-state index >= 15 is 0 Å². The number of halogens is 1. The van der Waals surface area contributed by atoms with Gasteiger partial charge in [0.05, 0.1) is 0 Å². The van der Waals surface area contributed by atoms with Crippen molar-refractivity contribution in [3.05, 3.63) is 46.7 Å². The molecule has 15 heavy (non-hydrogen) atoms. The van der Waals surface area contributed by atoms with Gasteiger partial charge in [-0.3, -0.25) is 0 Å². The highest BCUT2D eigenvalue weighted by Crippen LogP contribution is 2.15. The van der Waals surface area contributed by atoms with Gasteiger partial charge in [-0.05, 0) is 46.6 Å². The van der Waals surface area contributed by atoms with Crippen LogP contribution in [0.2, 0.25) is 0 Å². The zero-order valence-corrected chi connectivity index (χ0v) is 9.82. The van der Waals surface area contributed by atoms with E-state index in [0.717, 1.165) is 10.3 Å². The molecule has 0 aliphatic carbocycles. The molecule has 0 amide bonds. The van der Waals surface area contributed by atoms with E-state index in [1.54, 1.807) is 12.3 Å². The van der Waals surface area contributed by atoms with Crippen LogP contribution in [0.3, 0.4) is 0 Å². The lowest BCUT2D eigenvalue weighted by molar-refractivity contribution is 1.14. The van der Waals surface area contributed by atoms with Crippen LogP contribution in [-0.2, 0) is 0 Å². The normalized spacial score (nSPS) is 10.0. The Labute approximate surface area is 96.7 Å². The van der Waals surface area contributed by atoms with Crippen molar-refractivity contribution in [2.45, 2.75) is 6.92 Å². The van der Waals surface area contributed by atoms with E-state index in [1.165, 1.54) is 5.56 Å². The molecule has 0 atom stereocenters. The van der Waals surface area contributed by atoms with Crippen molar-refractivity contribution >= 4 is 27.6 Å². The van der Waals surface area contributed by atoms with Gasteiger partial charge >= 0.3 is 0 Å². The van der Waals surface area contributed by atoms with Crippen molar-refractivity contribution in [3.8, 4) is 0 Å². The minimum Gasteiger partial charge on any atom is -0.324 e. The fraction of sp³-hybridized carbons (Fsp3) is 0.0909. The van der Waals surface area contributed by atoms with Crippen molar-refractivity contribution in [1.29, 1.82) is 0 Å². The first kappa shape index (κ1) is 10.1. The average Bonchev–Trinajstić information content (AvgIpc) is 2.17. The van der Waals surface area contributed by atoms with Gasteiger partial charge in [-0.2, -0.15) is 0 Å². The van der Waals surface area contributed by atoms with Gasteiger partial charge in [0.1, 0.15) is 4.60 Å². The van der Waals surface area contributed by atoms with Gasteiger partial charge in [-0.1, -0.05) is 12.1 Å². The SMILES string of the molecule is Cc1cccc(Nc2nccc(Br)n2)c1. The van der Waals surface area contributed by atoms with Crippen molar-refractivity contribution in [1.82, 2.24) is 9.97 Å². The predicted octanol–water partition coefficient (Wildman–Crippen LogP) is 3.29. The molecule has 2 aromatic rings. The van der Waals surface area contributed by atoms with Gasteiger partial charge in [0.2, 0.25) is 5.95 Å². The molecule has 76 valence electrons. The van der Waals surface area contributed by atoms with Crippen LogP contribution in [0.4, 0.5) is 11.6 Å².